The molecule has 0 radical (unpaired) electrons. The summed E-state index contributed by atoms with van der Waals surface area (Å²) in [5.74, 6) is 1.51. The van der Waals surface area contributed by atoms with Gasteiger partial charge in [0.05, 0.1) is 49.9 Å². The lowest BCUT2D eigenvalue weighted by Crippen LogP contribution is -2.02. The molecule has 0 atom stereocenters. The van der Waals surface area contributed by atoms with Gasteiger partial charge in [-0.3, -0.25) is 14.5 Å². The first-order valence-electron chi connectivity index (χ1n) is 21.0. The summed E-state index contributed by atoms with van der Waals surface area (Å²) in [4.78, 5) is 19.9. The highest BCUT2D eigenvalue weighted by atomic mass is 32.1. The van der Waals surface area contributed by atoms with E-state index < -0.39 is 0 Å². The fourth-order valence-electron chi connectivity index (χ4n) is 9.33. The minimum Gasteiger partial charge on any atom is -0.308 e. The summed E-state index contributed by atoms with van der Waals surface area (Å²) in [6.07, 6.45) is 5.80. The molecule has 0 amide bonds. The fraction of sp³-hybridized carbons (Fsp3) is 0. The van der Waals surface area contributed by atoms with Crippen molar-refractivity contribution in [3.8, 4) is 56.4 Å². The van der Waals surface area contributed by atoms with Gasteiger partial charge in [-0.25, -0.2) is 9.97 Å². The van der Waals surface area contributed by atoms with Crippen LogP contribution in [0.2, 0.25) is 0 Å². The van der Waals surface area contributed by atoms with Crippen LogP contribution in [0, 0.1) is 0 Å². The Bertz CT molecular complexity index is 3860. The number of aromatic nitrogens is 6. The monoisotopic (exact) mass is 822 g/mol. The van der Waals surface area contributed by atoms with Crippen LogP contribution in [-0.4, -0.2) is 29.1 Å². The summed E-state index contributed by atoms with van der Waals surface area (Å²) in [5, 5.41) is 5.89. The van der Waals surface area contributed by atoms with E-state index in [4.69, 9.17) is 19.9 Å². The SMILES string of the molecule is c1ccc(-c2cc(-n3c4ccccc4c4ccc(-c5ccc6c(c5)c5ccccc5n6-c5cncc(-c6ccc7sc8cccnc8c7c6)c5)cc43)nc(-c3ccccc3)n2)cc1. The predicted molar refractivity (Wildman–Crippen MR) is 261 cm³/mol. The van der Waals surface area contributed by atoms with Crippen LogP contribution in [0.25, 0.3) is 120 Å². The predicted octanol–water partition coefficient (Wildman–Crippen LogP) is 14.5. The maximum absolute atomic E-state index is 5.27. The summed E-state index contributed by atoms with van der Waals surface area (Å²) in [5.41, 5.74) is 13.8. The minimum absolute atomic E-state index is 0.686. The highest BCUT2D eigenvalue weighted by molar-refractivity contribution is 7.25. The number of thiophene rings is 1. The normalized spacial score (nSPS) is 11.8. The molecule has 0 spiro atoms. The summed E-state index contributed by atoms with van der Waals surface area (Å²) in [6.45, 7) is 0. The summed E-state index contributed by atoms with van der Waals surface area (Å²) in [6, 6.07) is 66.7. The first kappa shape index (κ1) is 35.5. The number of rotatable bonds is 6. The standard InChI is InChI=1S/C56H34N6S/c1-3-12-35(13-4-1)47-32-54(60-56(59-47)36-14-5-2-6-15-36)62-49-19-10-7-16-42(49)44-24-21-39(31-51(44)62)37-22-25-50-45(29-37)43-17-8-9-18-48(43)61(50)41-28-40(33-57-34-41)38-23-26-52-46(30-38)55-53(63-52)20-11-27-58-55/h1-34H. The van der Waals surface area contributed by atoms with Crippen molar-refractivity contribution < 1.29 is 0 Å². The Balaban J connectivity index is 0.961. The molecular formula is C56H34N6S. The second-order valence-corrected chi connectivity index (χ2v) is 17.0. The van der Waals surface area contributed by atoms with Crippen LogP contribution in [0.4, 0.5) is 0 Å². The van der Waals surface area contributed by atoms with Crippen LogP contribution < -0.4 is 0 Å². The molecule has 0 aliphatic rings. The van der Waals surface area contributed by atoms with E-state index in [2.05, 4.69) is 167 Å². The smallest absolute Gasteiger partial charge is 0.162 e. The van der Waals surface area contributed by atoms with Crippen molar-refractivity contribution in [2.75, 3.05) is 0 Å². The van der Waals surface area contributed by atoms with Gasteiger partial charge >= 0.3 is 0 Å². The Morgan fingerprint density at radius 2 is 1.03 bits per heavy atom. The summed E-state index contributed by atoms with van der Waals surface area (Å²) >= 11 is 1.78. The highest BCUT2D eigenvalue weighted by Crippen LogP contribution is 2.40. The summed E-state index contributed by atoms with van der Waals surface area (Å²) in [7, 11) is 0. The van der Waals surface area contributed by atoms with Crippen molar-refractivity contribution >= 4 is 75.3 Å². The van der Waals surface area contributed by atoms with E-state index in [1.807, 2.05) is 48.9 Å². The van der Waals surface area contributed by atoms with Crippen LogP contribution in [0.1, 0.15) is 0 Å². The van der Waals surface area contributed by atoms with Gasteiger partial charge in [0.15, 0.2) is 5.82 Å². The van der Waals surface area contributed by atoms with Crippen molar-refractivity contribution in [2.45, 2.75) is 0 Å². The third kappa shape index (κ3) is 5.78. The Kier molecular flexibility index (Phi) is 7.98. The van der Waals surface area contributed by atoms with E-state index in [-0.39, 0.29) is 0 Å². The van der Waals surface area contributed by atoms with Gasteiger partial charge in [0.1, 0.15) is 5.82 Å². The molecular weight excluding hydrogens is 789 g/mol. The molecule has 0 aliphatic heterocycles. The average molecular weight is 823 g/mol. The molecule has 7 aromatic carbocycles. The van der Waals surface area contributed by atoms with Crippen LogP contribution in [0.15, 0.2) is 207 Å². The molecule has 0 bridgehead atoms. The molecule has 63 heavy (non-hydrogen) atoms. The first-order chi connectivity index (χ1) is 31.2. The van der Waals surface area contributed by atoms with E-state index >= 15 is 0 Å². The second kappa shape index (κ2) is 14.2. The van der Waals surface area contributed by atoms with Gasteiger partial charge < -0.3 is 4.57 Å². The van der Waals surface area contributed by atoms with Crippen molar-refractivity contribution in [3.63, 3.8) is 0 Å². The lowest BCUT2D eigenvalue weighted by Gasteiger charge is -2.13. The van der Waals surface area contributed by atoms with Crippen LogP contribution in [0.5, 0.6) is 0 Å². The molecule has 13 rings (SSSR count). The van der Waals surface area contributed by atoms with Gasteiger partial charge in [-0.05, 0) is 77.4 Å². The van der Waals surface area contributed by atoms with Gasteiger partial charge in [-0.2, -0.15) is 0 Å². The van der Waals surface area contributed by atoms with Gasteiger partial charge in [0.25, 0.3) is 0 Å². The van der Waals surface area contributed by atoms with Crippen molar-refractivity contribution in [1.29, 1.82) is 0 Å². The largest absolute Gasteiger partial charge is 0.308 e. The number of hydrogen-bond donors (Lipinski definition) is 0. The Morgan fingerprint density at radius 1 is 0.381 bits per heavy atom. The number of fused-ring (bicyclic) bond motifs is 9. The molecule has 6 aromatic heterocycles. The number of nitrogens with zero attached hydrogens (tertiary/aromatic N) is 6. The molecule has 0 unspecified atom stereocenters. The van der Waals surface area contributed by atoms with E-state index in [0.717, 1.165) is 78.2 Å². The van der Waals surface area contributed by atoms with Crippen molar-refractivity contribution in [2.24, 2.45) is 0 Å². The maximum atomic E-state index is 5.27. The fourth-order valence-corrected chi connectivity index (χ4v) is 10.4. The zero-order valence-corrected chi connectivity index (χ0v) is 34.5. The highest BCUT2D eigenvalue weighted by Gasteiger charge is 2.19. The van der Waals surface area contributed by atoms with Crippen LogP contribution in [-0.2, 0) is 0 Å². The van der Waals surface area contributed by atoms with E-state index in [1.54, 1.807) is 11.3 Å². The molecule has 0 saturated heterocycles. The van der Waals surface area contributed by atoms with Crippen molar-refractivity contribution in [3.05, 3.63) is 207 Å². The third-order valence-electron chi connectivity index (χ3n) is 12.3. The lowest BCUT2D eigenvalue weighted by molar-refractivity contribution is 1.05. The number of benzene rings is 7. The molecule has 6 nitrogen and oxygen atoms in total. The Labute approximate surface area is 365 Å². The Hall–Kier alpha value is -8.26. The van der Waals surface area contributed by atoms with Crippen molar-refractivity contribution in [1.82, 2.24) is 29.1 Å². The van der Waals surface area contributed by atoms with E-state index in [0.29, 0.717) is 5.82 Å². The molecule has 294 valence electrons. The maximum Gasteiger partial charge on any atom is 0.162 e. The second-order valence-electron chi connectivity index (χ2n) is 15.9. The van der Waals surface area contributed by atoms with Crippen LogP contribution >= 0.6 is 11.3 Å². The van der Waals surface area contributed by atoms with Gasteiger partial charge in [0.2, 0.25) is 0 Å². The molecule has 6 heterocycles. The molecule has 0 aliphatic carbocycles. The lowest BCUT2D eigenvalue weighted by atomic mass is 10.0. The minimum atomic E-state index is 0.686. The number of hydrogen-bond acceptors (Lipinski definition) is 5. The number of para-hydroxylation sites is 2. The number of pyridine rings is 2. The quantitative estimate of drug-likeness (QED) is 0.168. The Morgan fingerprint density at radius 3 is 1.87 bits per heavy atom. The topological polar surface area (TPSA) is 61.4 Å². The zero-order valence-electron chi connectivity index (χ0n) is 33.7. The first-order valence-corrected chi connectivity index (χ1v) is 21.8. The summed E-state index contributed by atoms with van der Waals surface area (Å²) < 4.78 is 7.08. The molecule has 0 saturated carbocycles. The van der Waals surface area contributed by atoms with E-state index in [1.165, 1.54) is 36.3 Å². The molecule has 0 fully saturated rings. The third-order valence-corrected chi connectivity index (χ3v) is 13.4. The average Bonchev–Trinajstić information content (AvgIpc) is 4.01. The van der Waals surface area contributed by atoms with Gasteiger partial charge in [-0.15, -0.1) is 11.3 Å². The zero-order chi connectivity index (χ0) is 41.4. The molecule has 13 aromatic rings. The molecule has 0 N–H and O–H groups in total. The van der Waals surface area contributed by atoms with Gasteiger partial charge in [0, 0.05) is 66.8 Å². The van der Waals surface area contributed by atoms with Gasteiger partial charge in [-0.1, -0.05) is 121 Å². The molecule has 7 heteroatoms. The van der Waals surface area contributed by atoms with Crippen LogP contribution in [0.3, 0.4) is 0 Å². The van der Waals surface area contributed by atoms with E-state index in [9.17, 15) is 0 Å².